The standard InChI is InChI=1S/C14H13NO3S/c1-9-4-5-10(7-12(9)14(17)18)15-13(16)8-11-3-2-6-19-11/h2-7H,8H2,1H3,(H,15,16)(H,17,18). The number of carbonyl (C=O) groups excluding carboxylic acids is 1. The van der Waals surface area contributed by atoms with E-state index >= 15 is 0 Å². The molecule has 1 aromatic heterocycles. The first-order valence-corrected chi connectivity index (χ1v) is 6.60. The largest absolute Gasteiger partial charge is 0.478 e. The number of carboxylic acids is 1. The van der Waals surface area contributed by atoms with Crippen molar-refractivity contribution in [2.75, 3.05) is 5.32 Å². The maximum absolute atomic E-state index is 11.8. The first kappa shape index (κ1) is 13.3. The summed E-state index contributed by atoms with van der Waals surface area (Å²) in [6.45, 7) is 1.72. The molecule has 1 heterocycles. The van der Waals surface area contributed by atoms with Gasteiger partial charge in [-0.05, 0) is 36.1 Å². The lowest BCUT2D eigenvalue weighted by Crippen LogP contribution is -2.14. The molecule has 1 amide bonds. The Kier molecular flexibility index (Phi) is 3.97. The highest BCUT2D eigenvalue weighted by molar-refractivity contribution is 7.10. The Balaban J connectivity index is 2.09. The summed E-state index contributed by atoms with van der Waals surface area (Å²) in [6, 6.07) is 8.64. The van der Waals surface area contributed by atoms with Crippen molar-refractivity contribution in [2.24, 2.45) is 0 Å². The molecule has 0 fully saturated rings. The summed E-state index contributed by atoms with van der Waals surface area (Å²) in [7, 11) is 0. The molecule has 4 nitrogen and oxygen atoms in total. The van der Waals surface area contributed by atoms with Crippen LogP contribution in [0.1, 0.15) is 20.8 Å². The summed E-state index contributed by atoms with van der Waals surface area (Å²) >= 11 is 1.52. The fraction of sp³-hybridized carbons (Fsp3) is 0.143. The Morgan fingerprint density at radius 3 is 2.74 bits per heavy atom. The van der Waals surface area contributed by atoms with Crippen molar-refractivity contribution in [1.29, 1.82) is 0 Å². The number of hydrogen-bond donors (Lipinski definition) is 2. The third-order valence-corrected chi connectivity index (χ3v) is 3.54. The molecule has 0 aliphatic heterocycles. The number of anilines is 1. The summed E-state index contributed by atoms with van der Waals surface area (Å²) < 4.78 is 0. The lowest BCUT2D eigenvalue weighted by atomic mass is 10.1. The van der Waals surface area contributed by atoms with Gasteiger partial charge in [-0.3, -0.25) is 4.79 Å². The first-order valence-electron chi connectivity index (χ1n) is 5.72. The molecule has 0 radical (unpaired) electrons. The fourth-order valence-corrected chi connectivity index (χ4v) is 2.41. The SMILES string of the molecule is Cc1ccc(NC(=O)Cc2cccs2)cc1C(=O)O. The number of hydrogen-bond acceptors (Lipinski definition) is 3. The summed E-state index contributed by atoms with van der Waals surface area (Å²) in [5.74, 6) is -1.14. The van der Waals surface area contributed by atoms with Crippen molar-refractivity contribution in [3.63, 3.8) is 0 Å². The quantitative estimate of drug-likeness (QED) is 0.901. The zero-order valence-electron chi connectivity index (χ0n) is 10.3. The van der Waals surface area contributed by atoms with Crippen LogP contribution in [0.25, 0.3) is 0 Å². The Bertz CT molecular complexity index is 605. The molecule has 98 valence electrons. The highest BCUT2D eigenvalue weighted by atomic mass is 32.1. The molecule has 0 saturated heterocycles. The van der Waals surface area contributed by atoms with E-state index in [1.807, 2.05) is 17.5 Å². The van der Waals surface area contributed by atoms with E-state index < -0.39 is 5.97 Å². The molecule has 19 heavy (non-hydrogen) atoms. The van der Waals surface area contributed by atoms with Gasteiger partial charge in [0, 0.05) is 10.6 Å². The molecule has 0 spiro atoms. The van der Waals surface area contributed by atoms with Crippen LogP contribution in [-0.2, 0) is 11.2 Å². The van der Waals surface area contributed by atoms with Crippen LogP contribution < -0.4 is 5.32 Å². The Hall–Kier alpha value is -2.14. The van der Waals surface area contributed by atoms with Crippen LogP contribution in [0, 0.1) is 6.92 Å². The molecule has 0 aliphatic rings. The number of benzene rings is 1. The molecule has 2 aromatic rings. The Morgan fingerprint density at radius 1 is 1.32 bits per heavy atom. The zero-order chi connectivity index (χ0) is 13.8. The van der Waals surface area contributed by atoms with E-state index in [1.54, 1.807) is 19.1 Å². The number of nitrogens with one attached hydrogen (secondary N) is 1. The lowest BCUT2D eigenvalue weighted by Gasteiger charge is -2.07. The second-order valence-electron chi connectivity index (χ2n) is 4.14. The molecule has 2 rings (SSSR count). The maximum atomic E-state index is 11.8. The fourth-order valence-electron chi connectivity index (χ4n) is 1.71. The van der Waals surface area contributed by atoms with E-state index in [-0.39, 0.29) is 11.5 Å². The molecule has 0 saturated carbocycles. The van der Waals surface area contributed by atoms with Gasteiger partial charge >= 0.3 is 5.97 Å². The predicted molar refractivity (Wildman–Crippen MR) is 74.8 cm³/mol. The van der Waals surface area contributed by atoms with Crippen LogP contribution in [0.2, 0.25) is 0 Å². The minimum absolute atomic E-state index is 0.150. The van der Waals surface area contributed by atoms with Gasteiger partial charge in [0.15, 0.2) is 0 Å². The molecular formula is C14H13NO3S. The third-order valence-electron chi connectivity index (χ3n) is 2.67. The summed E-state index contributed by atoms with van der Waals surface area (Å²) in [6.07, 6.45) is 0.300. The van der Waals surface area contributed by atoms with E-state index in [9.17, 15) is 9.59 Å². The summed E-state index contributed by atoms with van der Waals surface area (Å²) in [4.78, 5) is 23.8. The molecule has 5 heteroatoms. The van der Waals surface area contributed by atoms with E-state index in [0.29, 0.717) is 17.7 Å². The van der Waals surface area contributed by atoms with E-state index in [0.717, 1.165) is 4.88 Å². The van der Waals surface area contributed by atoms with Crippen LogP contribution in [0.4, 0.5) is 5.69 Å². The molecule has 0 atom stereocenters. The van der Waals surface area contributed by atoms with E-state index in [4.69, 9.17) is 5.11 Å². The van der Waals surface area contributed by atoms with Gasteiger partial charge in [-0.15, -0.1) is 11.3 Å². The summed E-state index contributed by atoms with van der Waals surface area (Å²) in [5.41, 5.74) is 1.38. The summed E-state index contributed by atoms with van der Waals surface area (Å²) in [5, 5.41) is 13.6. The van der Waals surface area contributed by atoms with Crippen LogP contribution in [-0.4, -0.2) is 17.0 Å². The number of aromatic carboxylic acids is 1. The second-order valence-corrected chi connectivity index (χ2v) is 5.17. The number of rotatable bonds is 4. The molecule has 1 aromatic carbocycles. The zero-order valence-corrected chi connectivity index (χ0v) is 11.2. The Labute approximate surface area is 114 Å². The average Bonchev–Trinajstić information content (AvgIpc) is 2.84. The molecular weight excluding hydrogens is 262 g/mol. The van der Waals surface area contributed by atoms with Crippen LogP contribution >= 0.6 is 11.3 Å². The van der Waals surface area contributed by atoms with Crippen molar-refractivity contribution in [3.8, 4) is 0 Å². The van der Waals surface area contributed by atoms with Crippen LogP contribution in [0.15, 0.2) is 35.7 Å². The number of amides is 1. The minimum Gasteiger partial charge on any atom is -0.478 e. The van der Waals surface area contributed by atoms with Gasteiger partial charge in [0.25, 0.3) is 0 Å². The topological polar surface area (TPSA) is 66.4 Å². The van der Waals surface area contributed by atoms with Gasteiger partial charge in [-0.25, -0.2) is 4.79 Å². The molecule has 0 bridgehead atoms. The van der Waals surface area contributed by atoms with E-state index in [2.05, 4.69) is 5.32 Å². The highest BCUT2D eigenvalue weighted by Crippen LogP contribution is 2.16. The van der Waals surface area contributed by atoms with Gasteiger partial charge < -0.3 is 10.4 Å². The average molecular weight is 275 g/mol. The van der Waals surface area contributed by atoms with Gasteiger partial charge in [-0.2, -0.15) is 0 Å². The van der Waals surface area contributed by atoms with Crippen molar-refractivity contribution in [1.82, 2.24) is 0 Å². The van der Waals surface area contributed by atoms with Gasteiger partial charge in [-0.1, -0.05) is 12.1 Å². The van der Waals surface area contributed by atoms with Crippen molar-refractivity contribution in [2.45, 2.75) is 13.3 Å². The first-order chi connectivity index (χ1) is 9.06. The van der Waals surface area contributed by atoms with Crippen molar-refractivity contribution in [3.05, 3.63) is 51.7 Å². The number of carbonyl (C=O) groups is 2. The van der Waals surface area contributed by atoms with Gasteiger partial charge in [0.05, 0.1) is 12.0 Å². The minimum atomic E-state index is -0.994. The van der Waals surface area contributed by atoms with Crippen LogP contribution in [0.5, 0.6) is 0 Å². The predicted octanol–water partition coefficient (Wildman–Crippen LogP) is 2.94. The third kappa shape index (κ3) is 3.42. The number of thiophene rings is 1. The molecule has 0 unspecified atom stereocenters. The number of aryl methyl sites for hydroxylation is 1. The second kappa shape index (κ2) is 5.67. The van der Waals surface area contributed by atoms with Crippen molar-refractivity contribution < 1.29 is 14.7 Å². The maximum Gasteiger partial charge on any atom is 0.336 e. The van der Waals surface area contributed by atoms with Crippen molar-refractivity contribution >= 4 is 28.9 Å². The Morgan fingerprint density at radius 2 is 2.11 bits per heavy atom. The molecule has 0 aliphatic carbocycles. The monoisotopic (exact) mass is 275 g/mol. The van der Waals surface area contributed by atoms with Gasteiger partial charge in [0.2, 0.25) is 5.91 Å². The highest BCUT2D eigenvalue weighted by Gasteiger charge is 2.10. The van der Waals surface area contributed by atoms with Gasteiger partial charge in [0.1, 0.15) is 0 Å². The normalized spacial score (nSPS) is 10.2. The lowest BCUT2D eigenvalue weighted by molar-refractivity contribution is -0.115. The number of carboxylic acid groups (broad SMARTS) is 1. The van der Waals surface area contributed by atoms with E-state index in [1.165, 1.54) is 17.4 Å². The van der Waals surface area contributed by atoms with Crippen LogP contribution in [0.3, 0.4) is 0 Å². The smallest absolute Gasteiger partial charge is 0.336 e. The molecule has 2 N–H and O–H groups in total.